The van der Waals surface area contributed by atoms with E-state index in [1.165, 1.54) is 0 Å². The van der Waals surface area contributed by atoms with Crippen molar-refractivity contribution in [1.82, 2.24) is 5.32 Å². The van der Waals surface area contributed by atoms with E-state index in [4.69, 9.17) is 16.5 Å². The van der Waals surface area contributed by atoms with Crippen molar-refractivity contribution in [1.29, 1.82) is 0 Å². The summed E-state index contributed by atoms with van der Waals surface area (Å²) in [7, 11) is 0. The molecule has 0 spiro atoms. The molecule has 1 N–H and O–H groups in total. The van der Waals surface area contributed by atoms with Crippen LogP contribution in [0.5, 0.6) is 0 Å². The quantitative estimate of drug-likeness (QED) is 0.528. The lowest BCUT2D eigenvalue weighted by molar-refractivity contribution is 0.0531. The van der Waals surface area contributed by atoms with E-state index in [9.17, 15) is 4.79 Å². The molecule has 0 bridgehead atoms. The highest BCUT2D eigenvalue weighted by molar-refractivity contribution is 8.71. The summed E-state index contributed by atoms with van der Waals surface area (Å²) in [5.41, 5.74) is -0.434. The summed E-state index contributed by atoms with van der Waals surface area (Å²) < 4.78 is 5.19. The molecular formula is C13H28NO2PS2. The Morgan fingerprint density at radius 1 is 1.26 bits per heavy atom. The van der Waals surface area contributed by atoms with Gasteiger partial charge in [-0.1, -0.05) is 38.5 Å². The van der Waals surface area contributed by atoms with Gasteiger partial charge in [0.2, 0.25) is 0 Å². The number of hydrogen-bond acceptors (Lipinski definition) is 4. The zero-order valence-corrected chi connectivity index (χ0v) is 15.4. The van der Waals surface area contributed by atoms with E-state index < -0.39 is 10.8 Å². The van der Waals surface area contributed by atoms with Crippen molar-refractivity contribution in [3.8, 4) is 0 Å². The monoisotopic (exact) mass is 325 g/mol. The molecule has 0 atom stereocenters. The third-order valence-corrected chi connectivity index (χ3v) is 10.4. The van der Waals surface area contributed by atoms with Crippen LogP contribution in [0.4, 0.5) is 4.79 Å². The van der Waals surface area contributed by atoms with Crippen LogP contribution in [0.15, 0.2) is 0 Å². The summed E-state index contributed by atoms with van der Waals surface area (Å²) in [6.07, 6.45) is 4.29. The van der Waals surface area contributed by atoms with Gasteiger partial charge in [-0.2, -0.15) is 0 Å². The van der Waals surface area contributed by atoms with Crippen LogP contribution in [-0.4, -0.2) is 36.3 Å². The third-order valence-electron chi connectivity index (χ3n) is 2.23. The van der Waals surface area contributed by atoms with Crippen molar-refractivity contribution < 1.29 is 9.53 Å². The molecule has 0 aromatic rings. The van der Waals surface area contributed by atoms with Gasteiger partial charge in [0.15, 0.2) is 0 Å². The summed E-state index contributed by atoms with van der Waals surface area (Å²) in [4.78, 5) is 11.5. The Labute approximate surface area is 127 Å². The molecule has 0 aromatic heterocycles. The number of carbonyl (C=O) groups excluding carboxylic acids is 1. The maximum absolute atomic E-state index is 11.5. The number of rotatable bonds is 8. The predicted molar refractivity (Wildman–Crippen MR) is 91.3 cm³/mol. The topological polar surface area (TPSA) is 38.3 Å². The highest BCUT2D eigenvalue weighted by Crippen LogP contribution is 2.59. The number of amides is 1. The van der Waals surface area contributed by atoms with Crippen molar-refractivity contribution in [2.24, 2.45) is 0 Å². The third kappa shape index (κ3) is 10.7. The minimum absolute atomic E-state index is 0.340. The van der Waals surface area contributed by atoms with Crippen LogP contribution in [0.1, 0.15) is 47.5 Å². The zero-order chi connectivity index (χ0) is 14.9. The van der Waals surface area contributed by atoms with Crippen LogP contribution in [0.2, 0.25) is 0 Å². The fourth-order valence-corrected chi connectivity index (χ4v) is 8.88. The van der Waals surface area contributed by atoms with Crippen LogP contribution in [0, 0.1) is 0 Å². The average molecular weight is 325 g/mol. The molecule has 6 heteroatoms. The largest absolute Gasteiger partial charge is 0.444 e. The standard InChI is InChI=1S/C13H28NO2PS2/c1-6-9-17(18,10-7-2)19-11-8-14-12(15)16-13(3,4)5/h6-11H2,1-5H3,(H,14,15). The van der Waals surface area contributed by atoms with Gasteiger partial charge in [0, 0.05) is 17.5 Å². The molecule has 0 unspecified atom stereocenters. The lowest BCUT2D eigenvalue weighted by atomic mass is 10.2. The van der Waals surface area contributed by atoms with Crippen LogP contribution in [-0.2, 0) is 16.5 Å². The Morgan fingerprint density at radius 2 is 1.79 bits per heavy atom. The van der Waals surface area contributed by atoms with E-state index in [0.717, 1.165) is 30.9 Å². The first-order valence-electron chi connectivity index (χ1n) is 6.92. The van der Waals surface area contributed by atoms with E-state index in [1.54, 1.807) is 0 Å². The number of nitrogens with one attached hydrogen (secondary N) is 1. The highest BCUT2D eigenvalue weighted by atomic mass is 32.9. The van der Waals surface area contributed by atoms with Gasteiger partial charge in [-0.15, -0.1) is 11.4 Å². The summed E-state index contributed by atoms with van der Waals surface area (Å²) in [6.45, 7) is 10.6. The molecule has 0 rings (SSSR count). The Hall–Kier alpha value is 0.270. The van der Waals surface area contributed by atoms with Crippen LogP contribution in [0.3, 0.4) is 0 Å². The van der Waals surface area contributed by atoms with Crippen molar-refractivity contribution in [3.05, 3.63) is 0 Å². The Morgan fingerprint density at radius 3 is 2.21 bits per heavy atom. The first kappa shape index (κ1) is 19.3. The molecule has 0 aromatic carbocycles. The molecule has 0 fully saturated rings. The second-order valence-corrected chi connectivity index (χ2v) is 14.4. The normalized spacial score (nSPS) is 12.3. The molecular weight excluding hydrogens is 297 g/mol. The number of alkyl carbamates (subject to hydrolysis) is 1. The van der Waals surface area contributed by atoms with E-state index in [0.29, 0.717) is 6.54 Å². The molecule has 3 nitrogen and oxygen atoms in total. The van der Waals surface area contributed by atoms with Gasteiger partial charge in [0.1, 0.15) is 5.60 Å². The smallest absolute Gasteiger partial charge is 0.407 e. The van der Waals surface area contributed by atoms with E-state index in [2.05, 4.69) is 19.2 Å². The molecule has 0 saturated heterocycles. The molecule has 0 heterocycles. The molecule has 0 aliphatic carbocycles. The minimum Gasteiger partial charge on any atom is -0.444 e. The molecule has 0 radical (unpaired) electrons. The van der Waals surface area contributed by atoms with Gasteiger partial charge in [-0.3, -0.25) is 0 Å². The van der Waals surface area contributed by atoms with Gasteiger partial charge in [0.25, 0.3) is 0 Å². The van der Waals surface area contributed by atoms with E-state index in [1.807, 2.05) is 32.2 Å². The number of carbonyl (C=O) groups is 1. The molecule has 0 saturated carbocycles. The summed E-state index contributed by atoms with van der Waals surface area (Å²) in [5, 5.41) is 1.52. The summed E-state index contributed by atoms with van der Waals surface area (Å²) >= 11 is 7.69. The Kier molecular flexibility index (Phi) is 9.38. The molecule has 1 amide bonds. The van der Waals surface area contributed by atoms with E-state index >= 15 is 0 Å². The first-order valence-corrected chi connectivity index (χ1v) is 11.7. The molecule has 114 valence electrons. The number of ether oxygens (including phenoxy) is 1. The van der Waals surface area contributed by atoms with Crippen molar-refractivity contribution >= 4 is 34.5 Å². The fourth-order valence-electron chi connectivity index (χ4n) is 1.60. The van der Waals surface area contributed by atoms with E-state index in [-0.39, 0.29) is 6.09 Å². The summed E-state index contributed by atoms with van der Waals surface area (Å²) in [6, 6.07) is 0. The second-order valence-electron chi connectivity index (χ2n) is 5.52. The maximum Gasteiger partial charge on any atom is 0.407 e. The Balaban J connectivity index is 3.95. The van der Waals surface area contributed by atoms with Crippen molar-refractivity contribution in [2.75, 3.05) is 24.6 Å². The van der Waals surface area contributed by atoms with Gasteiger partial charge in [-0.25, -0.2) is 4.79 Å². The average Bonchev–Trinajstić information content (AvgIpc) is 2.23. The van der Waals surface area contributed by atoms with Gasteiger partial charge in [0.05, 0.1) is 0 Å². The lowest BCUT2D eigenvalue weighted by Gasteiger charge is -2.21. The van der Waals surface area contributed by atoms with Gasteiger partial charge < -0.3 is 10.1 Å². The van der Waals surface area contributed by atoms with Gasteiger partial charge >= 0.3 is 6.09 Å². The maximum atomic E-state index is 11.5. The Bertz CT molecular complexity index is 306. The molecule has 0 aliphatic rings. The molecule has 0 aliphatic heterocycles. The van der Waals surface area contributed by atoms with Gasteiger partial charge in [-0.05, 0) is 33.1 Å². The predicted octanol–water partition coefficient (Wildman–Crippen LogP) is 4.46. The fraction of sp³-hybridized carbons (Fsp3) is 0.923. The second kappa shape index (κ2) is 9.25. The van der Waals surface area contributed by atoms with Crippen LogP contribution < -0.4 is 5.32 Å². The SMILES string of the molecule is CCCP(=S)(CCC)SCCNC(=O)OC(C)(C)C. The summed E-state index contributed by atoms with van der Waals surface area (Å²) in [5.74, 6) is 0.885. The minimum atomic E-state index is -1.26. The molecule has 19 heavy (non-hydrogen) atoms. The van der Waals surface area contributed by atoms with Crippen molar-refractivity contribution in [2.45, 2.75) is 53.1 Å². The number of hydrogen-bond donors (Lipinski definition) is 1. The zero-order valence-electron chi connectivity index (χ0n) is 12.8. The first-order chi connectivity index (χ1) is 8.72. The van der Waals surface area contributed by atoms with Crippen LogP contribution in [0.25, 0.3) is 0 Å². The lowest BCUT2D eigenvalue weighted by Crippen LogP contribution is -2.33. The van der Waals surface area contributed by atoms with Crippen molar-refractivity contribution in [3.63, 3.8) is 0 Å². The highest BCUT2D eigenvalue weighted by Gasteiger charge is 2.17. The van der Waals surface area contributed by atoms with Crippen LogP contribution >= 0.6 is 16.6 Å².